The van der Waals surface area contributed by atoms with Crippen molar-refractivity contribution < 1.29 is 50.9 Å². The summed E-state index contributed by atoms with van der Waals surface area (Å²) in [5.41, 5.74) is 0.109. The number of aliphatic hydroxyl groups excluding tert-OH is 1. The molecule has 39 heavy (non-hydrogen) atoms. The Labute approximate surface area is 227 Å². The number of fused-ring (bicyclic) bond motifs is 1. The molecule has 10 nitrogen and oxygen atoms in total. The quantitative estimate of drug-likeness (QED) is 0.444. The molecule has 0 bridgehead atoms. The highest BCUT2D eigenvalue weighted by Crippen LogP contribution is 2.42. The van der Waals surface area contributed by atoms with Gasteiger partial charge in [-0.1, -0.05) is 16.1 Å². The second-order valence-corrected chi connectivity index (χ2v) is 11.7. The Morgan fingerprint density at radius 1 is 1.23 bits per heavy atom. The van der Waals surface area contributed by atoms with Crippen LogP contribution in [-0.4, -0.2) is 79.9 Å². The van der Waals surface area contributed by atoms with Crippen LogP contribution in [0.4, 0.5) is 18.9 Å². The predicted octanol–water partition coefficient (Wildman–Crippen LogP) is 3.04. The number of nitrogens with zero attached hydrogens (tertiary/aromatic N) is 2. The van der Waals surface area contributed by atoms with E-state index in [2.05, 4.69) is 4.84 Å². The molecular formula is C24H26ClF3N2O8S. The van der Waals surface area contributed by atoms with Crippen molar-refractivity contribution in [2.45, 2.75) is 37.1 Å². The maximum atomic E-state index is 12.7. The van der Waals surface area contributed by atoms with Crippen LogP contribution in [0.1, 0.15) is 18.4 Å². The minimum absolute atomic E-state index is 0.182. The van der Waals surface area contributed by atoms with Gasteiger partial charge in [0.15, 0.2) is 5.75 Å². The van der Waals surface area contributed by atoms with Gasteiger partial charge in [0.25, 0.3) is 10.0 Å². The number of hydrogen-bond donors (Lipinski definition) is 2. The smallest absolute Gasteiger partial charge is 0.493 e. The maximum Gasteiger partial charge on any atom is 0.493 e. The van der Waals surface area contributed by atoms with E-state index in [1.165, 1.54) is 0 Å². The summed E-state index contributed by atoms with van der Waals surface area (Å²) in [6.45, 7) is 1.02. The minimum Gasteiger partial charge on any atom is -0.508 e. The summed E-state index contributed by atoms with van der Waals surface area (Å²) < 4.78 is 73.8. The van der Waals surface area contributed by atoms with Gasteiger partial charge in [-0.25, -0.2) is 13.2 Å². The van der Waals surface area contributed by atoms with Gasteiger partial charge < -0.3 is 29.4 Å². The average Bonchev–Trinajstić information content (AvgIpc) is 3.18. The number of ether oxygens (including phenoxy) is 2. The number of anilines is 1. The SMILES string of the molecule is CS(=O)(=O)N(OC(=O)C(F)(F)F)c1ccc(O)cc1OC[C@H](O)CN1CCC2(CC1)Cc1cc(Cl)ccc1O2. The number of carbonyl (C=O) groups is 1. The van der Waals surface area contributed by atoms with Crippen molar-refractivity contribution in [1.82, 2.24) is 4.90 Å². The van der Waals surface area contributed by atoms with Crippen molar-refractivity contribution in [2.24, 2.45) is 0 Å². The normalized spacial score (nSPS) is 17.8. The summed E-state index contributed by atoms with van der Waals surface area (Å²) in [6, 6.07) is 8.32. The number of phenolic OH excluding ortho intramolecular Hbond substituents is 1. The van der Waals surface area contributed by atoms with Crippen molar-refractivity contribution in [3.8, 4) is 17.2 Å². The van der Waals surface area contributed by atoms with Crippen LogP contribution in [0.15, 0.2) is 36.4 Å². The molecule has 2 aliphatic rings. The summed E-state index contributed by atoms with van der Waals surface area (Å²) >= 11 is 6.09. The van der Waals surface area contributed by atoms with Crippen LogP contribution in [0.25, 0.3) is 0 Å². The number of halogens is 4. The number of aromatic hydroxyl groups is 1. The Bertz CT molecular complexity index is 1330. The van der Waals surface area contributed by atoms with E-state index in [1.807, 2.05) is 17.0 Å². The summed E-state index contributed by atoms with van der Waals surface area (Å²) in [6.07, 6.45) is -3.89. The Morgan fingerprint density at radius 2 is 1.92 bits per heavy atom. The van der Waals surface area contributed by atoms with Crippen molar-refractivity contribution in [3.05, 3.63) is 47.0 Å². The number of carbonyl (C=O) groups excluding carboxylic acids is 1. The molecule has 2 aromatic rings. The molecule has 1 atom stereocenters. The zero-order chi connectivity index (χ0) is 28.6. The molecule has 2 aliphatic heterocycles. The maximum absolute atomic E-state index is 12.7. The van der Waals surface area contributed by atoms with E-state index in [-0.39, 0.29) is 16.6 Å². The van der Waals surface area contributed by atoms with Crippen molar-refractivity contribution >= 4 is 33.3 Å². The van der Waals surface area contributed by atoms with Crippen molar-refractivity contribution in [2.75, 3.05) is 37.0 Å². The molecule has 2 heterocycles. The number of piperidine rings is 1. The number of hydrogen-bond acceptors (Lipinski definition) is 9. The monoisotopic (exact) mass is 594 g/mol. The van der Waals surface area contributed by atoms with Crippen LogP contribution in [-0.2, 0) is 26.1 Å². The number of likely N-dealkylation sites (tertiary alicyclic amines) is 1. The van der Waals surface area contributed by atoms with Gasteiger partial charge in [0, 0.05) is 50.0 Å². The highest BCUT2D eigenvalue weighted by atomic mass is 35.5. The van der Waals surface area contributed by atoms with E-state index in [9.17, 15) is 36.6 Å². The van der Waals surface area contributed by atoms with Crippen LogP contribution in [0.2, 0.25) is 5.02 Å². The lowest BCUT2D eigenvalue weighted by atomic mass is 9.87. The number of aliphatic hydroxyl groups is 1. The number of benzene rings is 2. The zero-order valence-corrected chi connectivity index (χ0v) is 22.2. The highest BCUT2D eigenvalue weighted by molar-refractivity contribution is 7.91. The first-order valence-corrected chi connectivity index (χ1v) is 14.0. The molecular weight excluding hydrogens is 569 g/mol. The Morgan fingerprint density at radius 3 is 2.56 bits per heavy atom. The van der Waals surface area contributed by atoms with Gasteiger partial charge in [-0.2, -0.15) is 13.2 Å². The third-order valence-corrected chi connectivity index (χ3v) is 7.48. The average molecular weight is 595 g/mol. The fourth-order valence-corrected chi connectivity index (χ4v) is 5.46. The fraction of sp³-hybridized carbons (Fsp3) is 0.458. The topological polar surface area (TPSA) is 126 Å². The summed E-state index contributed by atoms with van der Waals surface area (Å²) in [4.78, 5) is 17.4. The molecule has 15 heteroatoms. The second-order valence-electron chi connectivity index (χ2n) is 9.50. The van der Waals surface area contributed by atoms with Crippen molar-refractivity contribution in [1.29, 1.82) is 0 Å². The third-order valence-electron chi connectivity index (χ3n) is 6.37. The van der Waals surface area contributed by atoms with Gasteiger partial charge in [-0.15, -0.1) is 0 Å². The van der Waals surface area contributed by atoms with Gasteiger partial charge in [0.05, 0.1) is 6.26 Å². The van der Waals surface area contributed by atoms with Crippen LogP contribution in [0.3, 0.4) is 0 Å². The van der Waals surface area contributed by atoms with E-state index in [0.717, 1.165) is 35.9 Å². The lowest BCUT2D eigenvalue weighted by molar-refractivity contribution is -0.199. The number of alkyl halides is 3. The number of β-amino-alcohol motifs (C(OH)–C–C–N with tert-alkyl or cyclic N) is 1. The first-order chi connectivity index (χ1) is 18.1. The molecule has 1 fully saturated rings. The molecule has 0 radical (unpaired) electrons. The third kappa shape index (κ3) is 6.99. The fourth-order valence-electron chi connectivity index (χ4n) is 4.55. The second kappa shape index (κ2) is 10.9. The molecule has 0 aromatic heterocycles. The van der Waals surface area contributed by atoms with Crippen LogP contribution < -0.4 is 13.9 Å². The van der Waals surface area contributed by atoms with Gasteiger partial charge in [0.2, 0.25) is 0 Å². The molecule has 2 aromatic carbocycles. The van der Waals surface area contributed by atoms with Gasteiger partial charge in [-0.3, -0.25) is 0 Å². The van der Waals surface area contributed by atoms with Gasteiger partial charge >= 0.3 is 12.1 Å². The van der Waals surface area contributed by atoms with Crippen LogP contribution in [0.5, 0.6) is 17.2 Å². The van der Waals surface area contributed by atoms with E-state index in [1.54, 1.807) is 6.07 Å². The summed E-state index contributed by atoms with van der Waals surface area (Å²) in [5.74, 6) is -2.79. The Hall–Kier alpha value is -2.94. The van der Waals surface area contributed by atoms with E-state index in [4.69, 9.17) is 21.1 Å². The largest absolute Gasteiger partial charge is 0.508 e. The highest BCUT2D eigenvalue weighted by Gasteiger charge is 2.45. The lowest BCUT2D eigenvalue weighted by Gasteiger charge is -2.39. The molecule has 0 saturated carbocycles. The molecule has 1 spiro atoms. The van der Waals surface area contributed by atoms with E-state index >= 15 is 0 Å². The van der Waals surface area contributed by atoms with E-state index < -0.39 is 52.1 Å². The first kappa shape index (κ1) is 29.1. The molecule has 214 valence electrons. The number of sulfonamides is 1. The minimum atomic E-state index is -5.47. The summed E-state index contributed by atoms with van der Waals surface area (Å²) in [5, 5.41) is 21.0. The molecule has 1 saturated heterocycles. The van der Waals surface area contributed by atoms with Gasteiger partial charge in [-0.05, 0) is 35.9 Å². The summed E-state index contributed by atoms with van der Waals surface area (Å²) in [7, 11) is -4.56. The van der Waals surface area contributed by atoms with E-state index in [0.29, 0.717) is 37.2 Å². The Balaban J connectivity index is 1.37. The molecule has 0 amide bonds. The van der Waals surface area contributed by atoms with Crippen molar-refractivity contribution in [3.63, 3.8) is 0 Å². The molecule has 0 aliphatic carbocycles. The number of phenols is 1. The van der Waals surface area contributed by atoms with Gasteiger partial charge in [0.1, 0.15) is 35.5 Å². The standard InChI is InChI=1S/C24H26ClF3N2O8S/c1-39(34,35)30(38-22(33)24(26,27)28)19-4-3-17(31)11-21(19)36-14-18(32)13-29-8-6-23(7-9-29)12-15-10-16(25)2-5-20(15)37-23/h2-5,10-11,18,31-32H,6-9,12-14H2,1H3/t18-/m1/s1. The predicted molar refractivity (Wildman–Crippen MR) is 133 cm³/mol. The number of rotatable bonds is 8. The molecule has 2 N–H and O–H groups in total. The van der Waals surface area contributed by atoms with Crippen LogP contribution in [0, 0.1) is 0 Å². The molecule has 0 unspecified atom stereocenters. The lowest BCUT2D eigenvalue weighted by Crippen LogP contribution is -2.49. The zero-order valence-electron chi connectivity index (χ0n) is 20.6. The Kier molecular flexibility index (Phi) is 8.13. The molecule has 4 rings (SSSR count). The van der Waals surface area contributed by atoms with Crippen LogP contribution >= 0.6 is 11.6 Å². The first-order valence-electron chi connectivity index (χ1n) is 11.8.